The summed E-state index contributed by atoms with van der Waals surface area (Å²) in [5.41, 5.74) is 2.89. The molecular weight excluding hydrogens is 256 g/mol. The van der Waals surface area contributed by atoms with Crippen LogP contribution < -0.4 is 5.32 Å². The Hall–Kier alpha value is -0.860. The summed E-state index contributed by atoms with van der Waals surface area (Å²) >= 11 is 0. The molecule has 1 heterocycles. The highest BCUT2D eigenvalue weighted by molar-refractivity contribution is 5.27. The van der Waals surface area contributed by atoms with Crippen LogP contribution in [0.4, 0.5) is 0 Å². The molecule has 1 aliphatic carbocycles. The fourth-order valence-corrected chi connectivity index (χ4v) is 4.13. The lowest BCUT2D eigenvalue weighted by Crippen LogP contribution is -2.39. The lowest BCUT2D eigenvalue weighted by atomic mass is 9.98. The Morgan fingerprint density at radius 2 is 1.86 bits per heavy atom. The fraction of sp³-hybridized carbons (Fsp3) is 0.684. The Morgan fingerprint density at radius 1 is 1.14 bits per heavy atom. The maximum atomic E-state index is 3.69. The highest BCUT2D eigenvalue weighted by atomic mass is 15.2. The molecule has 2 nitrogen and oxygen atoms in total. The van der Waals surface area contributed by atoms with Gasteiger partial charge in [-0.2, -0.15) is 0 Å². The van der Waals surface area contributed by atoms with E-state index in [0.717, 1.165) is 18.5 Å². The highest BCUT2D eigenvalue weighted by Gasteiger charge is 2.38. The highest BCUT2D eigenvalue weighted by Crippen LogP contribution is 2.38. The molecule has 2 fully saturated rings. The van der Waals surface area contributed by atoms with Gasteiger partial charge in [-0.1, -0.05) is 45.0 Å². The first-order chi connectivity index (χ1) is 10.2. The van der Waals surface area contributed by atoms with Gasteiger partial charge in [-0.3, -0.25) is 4.90 Å². The molecule has 21 heavy (non-hydrogen) atoms. The molecular formula is C19H30N2. The number of likely N-dealkylation sites (tertiary alicyclic amines) is 1. The lowest BCUT2D eigenvalue weighted by Gasteiger charge is -2.31. The van der Waals surface area contributed by atoms with Gasteiger partial charge >= 0.3 is 0 Å². The zero-order valence-corrected chi connectivity index (χ0v) is 13.8. The number of likely N-dealkylation sites (N-methyl/N-ethyl adjacent to an activating group) is 1. The molecule has 116 valence electrons. The molecule has 2 aliphatic rings. The van der Waals surface area contributed by atoms with Gasteiger partial charge in [0.25, 0.3) is 0 Å². The van der Waals surface area contributed by atoms with Crippen LogP contribution in [-0.2, 0) is 0 Å². The third kappa shape index (κ3) is 3.32. The Morgan fingerprint density at radius 3 is 2.38 bits per heavy atom. The first kappa shape index (κ1) is 15.1. The van der Waals surface area contributed by atoms with Crippen molar-refractivity contribution in [3.63, 3.8) is 0 Å². The van der Waals surface area contributed by atoms with Gasteiger partial charge in [0, 0.05) is 25.2 Å². The SMILES string of the molecule is CCNC(CN1CC2CCC1C2)c1ccc(C(C)C)cc1. The Bertz CT molecular complexity index is 451. The van der Waals surface area contributed by atoms with Crippen molar-refractivity contribution >= 4 is 0 Å². The molecule has 1 aliphatic heterocycles. The normalized spacial score (nSPS) is 26.7. The van der Waals surface area contributed by atoms with E-state index in [1.54, 1.807) is 0 Å². The van der Waals surface area contributed by atoms with Crippen molar-refractivity contribution in [2.24, 2.45) is 5.92 Å². The van der Waals surface area contributed by atoms with Crippen molar-refractivity contribution < 1.29 is 0 Å². The predicted octanol–water partition coefficient (Wildman–Crippen LogP) is 3.94. The van der Waals surface area contributed by atoms with Crippen LogP contribution in [0, 0.1) is 5.92 Å². The molecule has 0 spiro atoms. The summed E-state index contributed by atoms with van der Waals surface area (Å²) in [6.45, 7) is 10.3. The van der Waals surface area contributed by atoms with E-state index >= 15 is 0 Å². The van der Waals surface area contributed by atoms with E-state index in [4.69, 9.17) is 0 Å². The molecule has 1 N–H and O–H groups in total. The van der Waals surface area contributed by atoms with Crippen molar-refractivity contribution in [2.45, 2.75) is 58.0 Å². The maximum absolute atomic E-state index is 3.69. The van der Waals surface area contributed by atoms with Gasteiger partial charge in [0.2, 0.25) is 0 Å². The largest absolute Gasteiger partial charge is 0.309 e. The van der Waals surface area contributed by atoms with Crippen LogP contribution in [0.15, 0.2) is 24.3 Å². The van der Waals surface area contributed by atoms with E-state index in [-0.39, 0.29) is 0 Å². The summed E-state index contributed by atoms with van der Waals surface area (Å²) in [7, 11) is 0. The summed E-state index contributed by atoms with van der Waals surface area (Å²) in [5, 5.41) is 3.69. The lowest BCUT2D eigenvalue weighted by molar-refractivity contribution is 0.192. The number of piperidine rings is 1. The summed E-state index contributed by atoms with van der Waals surface area (Å²) < 4.78 is 0. The van der Waals surface area contributed by atoms with Gasteiger partial charge < -0.3 is 5.32 Å². The molecule has 2 heteroatoms. The number of rotatable bonds is 6. The molecule has 1 saturated heterocycles. The van der Waals surface area contributed by atoms with Gasteiger partial charge in [0.15, 0.2) is 0 Å². The van der Waals surface area contributed by atoms with Crippen LogP contribution in [-0.4, -0.2) is 30.6 Å². The van der Waals surface area contributed by atoms with Crippen LogP contribution in [0.2, 0.25) is 0 Å². The first-order valence-electron chi connectivity index (χ1n) is 8.74. The third-order valence-corrected chi connectivity index (χ3v) is 5.40. The number of nitrogens with zero attached hydrogens (tertiary/aromatic N) is 1. The molecule has 3 unspecified atom stereocenters. The Labute approximate surface area is 129 Å². The average molecular weight is 286 g/mol. The molecule has 3 atom stereocenters. The summed E-state index contributed by atoms with van der Waals surface area (Å²) in [6, 6.07) is 10.6. The van der Waals surface area contributed by atoms with Crippen LogP contribution in [0.3, 0.4) is 0 Å². The van der Waals surface area contributed by atoms with E-state index in [1.165, 1.54) is 43.5 Å². The molecule has 2 bridgehead atoms. The van der Waals surface area contributed by atoms with Gasteiger partial charge in [-0.25, -0.2) is 0 Å². The van der Waals surface area contributed by atoms with E-state index in [0.29, 0.717) is 12.0 Å². The molecule has 1 aromatic rings. The van der Waals surface area contributed by atoms with Gasteiger partial charge in [0.05, 0.1) is 0 Å². The minimum Gasteiger partial charge on any atom is -0.309 e. The van der Waals surface area contributed by atoms with Crippen LogP contribution in [0.1, 0.15) is 63.1 Å². The van der Waals surface area contributed by atoms with Crippen molar-refractivity contribution in [3.05, 3.63) is 35.4 Å². The van der Waals surface area contributed by atoms with Crippen molar-refractivity contribution in [1.29, 1.82) is 0 Å². The second kappa shape index (κ2) is 6.50. The fourth-order valence-electron chi connectivity index (χ4n) is 4.13. The van der Waals surface area contributed by atoms with Crippen LogP contribution >= 0.6 is 0 Å². The molecule has 3 rings (SSSR count). The quantitative estimate of drug-likeness (QED) is 0.852. The number of hydrogen-bond donors (Lipinski definition) is 1. The first-order valence-corrected chi connectivity index (χ1v) is 8.74. The summed E-state index contributed by atoms with van der Waals surface area (Å²) in [5.74, 6) is 1.60. The number of fused-ring (bicyclic) bond motifs is 2. The molecule has 1 saturated carbocycles. The van der Waals surface area contributed by atoms with E-state index in [9.17, 15) is 0 Å². The van der Waals surface area contributed by atoms with Gasteiger partial charge in [0.1, 0.15) is 0 Å². The minimum absolute atomic E-state index is 0.482. The molecule has 0 amide bonds. The Balaban J connectivity index is 1.68. The standard InChI is InChI=1S/C19H30N2/c1-4-20-19(13-21-12-15-5-10-18(21)11-15)17-8-6-16(7-9-17)14(2)3/h6-9,14-15,18-20H,4-5,10-13H2,1-3H3. The average Bonchev–Trinajstić information content (AvgIpc) is 3.09. The van der Waals surface area contributed by atoms with E-state index < -0.39 is 0 Å². The summed E-state index contributed by atoms with van der Waals surface area (Å²) in [6.07, 6.45) is 4.34. The minimum atomic E-state index is 0.482. The van der Waals surface area contributed by atoms with Gasteiger partial charge in [-0.05, 0) is 48.8 Å². The second-order valence-electron chi connectivity index (χ2n) is 7.22. The van der Waals surface area contributed by atoms with Crippen molar-refractivity contribution in [1.82, 2.24) is 10.2 Å². The van der Waals surface area contributed by atoms with Crippen LogP contribution in [0.25, 0.3) is 0 Å². The van der Waals surface area contributed by atoms with Crippen molar-refractivity contribution in [2.75, 3.05) is 19.6 Å². The number of benzene rings is 1. The van der Waals surface area contributed by atoms with Gasteiger partial charge in [-0.15, -0.1) is 0 Å². The number of hydrogen-bond acceptors (Lipinski definition) is 2. The van der Waals surface area contributed by atoms with Crippen molar-refractivity contribution in [3.8, 4) is 0 Å². The third-order valence-electron chi connectivity index (χ3n) is 5.40. The predicted molar refractivity (Wildman–Crippen MR) is 89.7 cm³/mol. The zero-order valence-electron chi connectivity index (χ0n) is 13.8. The van der Waals surface area contributed by atoms with E-state index in [1.807, 2.05) is 0 Å². The summed E-state index contributed by atoms with van der Waals surface area (Å²) in [4.78, 5) is 2.73. The molecule has 0 aromatic heterocycles. The monoisotopic (exact) mass is 286 g/mol. The molecule has 1 aromatic carbocycles. The maximum Gasteiger partial charge on any atom is 0.0449 e. The topological polar surface area (TPSA) is 15.3 Å². The Kier molecular flexibility index (Phi) is 4.66. The smallest absolute Gasteiger partial charge is 0.0449 e. The van der Waals surface area contributed by atoms with Crippen LogP contribution in [0.5, 0.6) is 0 Å². The number of nitrogens with one attached hydrogen (secondary N) is 1. The zero-order chi connectivity index (χ0) is 14.8. The molecule has 0 radical (unpaired) electrons. The van der Waals surface area contributed by atoms with E-state index in [2.05, 4.69) is 55.3 Å². The second-order valence-corrected chi connectivity index (χ2v) is 7.22.